The highest BCUT2D eigenvalue weighted by molar-refractivity contribution is 9.10. The summed E-state index contributed by atoms with van der Waals surface area (Å²) in [5, 5.41) is 0. The Morgan fingerprint density at radius 2 is 2.00 bits per heavy atom. The van der Waals surface area contributed by atoms with Crippen molar-refractivity contribution in [3.8, 4) is 0 Å². The van der Waals surface area contributed by atoms with Gasteiger partial charge in [-0.1, -0.05) is 6.07 Å². The number of ether oxygens (including phenoxy) is 1. The van der Waals surface area contributed by atoms with E-state index in [0.717, 1.165) is 17.6 Å². The van der Waals surface area contributed by atoms with Gasteiger partial charge in [-0.15, -0.1) is 0 Å². The first-order valence-electron chi connectivity index (χ1n) is 4.56. The van der Waals surface area contributed by atoms with Gasteiger partial charge < -0.3 is 9.64 Å². The van der Waals surface area contributed by atoms with Crippen molar-refractivity contribution in [2.75, 3.05) is 31.2 Å². The summed E-state index contributed by atoms with van der Waals surface area (Å²) in [6.07, 6.45) is 0. The molecule has 0 amide bonds. The second kappa shape index (κ2) is 4.28. The van der Waals surface area contributed by atoms with Crippen LogP contribution >= 0.6 is 15.9 Å². The summed E-state index contributed by atoms with van der Waals surface area (Å²) < 4.78 is 19.5. The van der Waals surface area contributed by atoms with Gasteiger partial charge in [0, 0.05) is 17.6 Å². The maximum absolute atomic E-state index is 13.5. The Kier molecular flexibility index (Phi) is 3.03. The summed E-state index contributed by atoms with van der Waals surface area (Å²) >= 11 is 3.36. The summed E-state index contributed by atoms with van der Waals surface area (Å²) in [7, 11) is 0. The monoisotopic (exact) mass is 259 g/mol. The molecule has 1 saturated heterocycles. The van der Waals surface area contributed by atoms with Crippen molar-refractivity contribution in [2.45, 2.75) is 0 Å². The molecule has 0 unspecified atom stereocenters. The standard InChI is InChI=1S/C10H11BrFNO/c11-8-2-1-3-9(12)10(8)13-4-6-14-7-5-13/h1-3H,4-7H2. The Bertz CT molecular complexity index is 306. The molecule has 0 N–H and O–H groups in total. The number of anilines is 1. The van der Waals surface area contributed by atoms with Crippen LogP contribution in [0.5, 0.6) is 0 Å². The zero-order valence-electron chi connectivity index (χ0n) is 7.67. The van der Waals surface area contributed by atoms with Crippen LogP contribution in [0.15, 0.2) is 22.7 Å². The molecule has 0 bridgehead atoms. The number of hydrogen-bond acceptors (Lipinski definition) is 2. The lowest BCUT2D eigenvalue weighted by atomic mass is 10.2. The first-order chi connectivity index (χ1) is 6.79. The van der Waals surface area contributed by atoms with Crippen LogP contribution in [0.1, 0.15) is 0 Å². The van der Waals surface area contributed by atoms with Crippen molar-refractivity contribution in [1.29, 1.82) is 0 Å². The summed E-state index contributed by atoms with van der Waals surface area (Å²) in [4.78, 5) is 2.00. The summed E-state index contributed by atoms with van der Waals surface area (Å²) in [6.45, 7) is 2.83. The van der Waals surface area contributed by atoms with E-state index in [9.17, 15) is 4.39 Å². The van der Waals surface area contributed by atoms with Gasteiger partial charge in [0.15, 0.2) is 0 Å². The molecule has 1 aliphatic heterocycles. The minimum Gasteiger partial charge on any atom is -0.378 e. The van der Waals surface area contributed by atoms with E-state index in [1.54, 1.807) is 6.07 Å². The first-order valence-corrected chi connectivity index (χ1v) is 5.35. The lowest BCUT2D eigenvalue weighted by Crippen LogP contribution is -2.36. The highest BCUT2D eigenvalue weighted by Gasteiger charge is 2.17. The quantitative estimate of drug-likeness (QED) is 0.768. The number of benzene rings is 1. The minimum absolute atomic E-state index is 0.179. The number of nitrogens with zero attached hydrogens (tertiary/aromatic N) is 1. The summed E-state index contributed by atoms with van der Waals surface area (Å²) in [6, 6.07) is 5.03. The van der Waals surface area contributed by atoms with Crippen LogP contribution in [0.2, 0.25) is 0 Å². The maximum Gasteiger partial charge on any atom is 0.147 e. The molecular weight excluding hydrogens is 249 g/mol. The normalized spacial score (nSPS) is 17.1. The molecule has 2 nitrogen and oxygen atoms in total. The SMILES string of the molecule is Fc1cccc(Br)c1N1CCOCC1. The molecule has 0 spiro atoms. The van der Waals surface area contributed by atoms with Gasteiger partial charge in [0.05, 0.1) is 18.9 Å². The van der Waals surface area contributed by atoms with Gasteiger partial charge in [-0.05, 0) is 28.1 Å². The molecular formula is C10H11BrFNO. The van der Waals surface area contributed by atoms with E-state index in [1.807, 2.05) is 11.0 Å². The highest BCUT2D eigenvalue weighted by Crippen LogP contribution is 2.29. The van der Waals surface area contributed by atoms with Gasteiger partial charge in [-0.3, -0.25) is 0 Å². The van der Waals surface area contributed by atoms with Crippen LogP contribution in [0.25, 0.3) is 0 Å². The van der Waals surface area contributed by atoms with E-state index >= 15 is 0 Å². The number of para-hydroxylation sites is 1. The van der Waals surface area contributed by atoms with Crippen molar-refractivity contribution in [2.24, 2.45) is 0 Å². The van der Waals surface area contributed by atoms with Gasteiger partial charge >= 0.3 is 0 Å². The lowest BCUT2D eigenvalue weighted by Gasteiger charge is -2.29. The molecule has 0 atom stereocenters. The van der Waals surface area contributed by atoms with Gasteiger partial charge in [0.1, 0.15) is 5.82 Å². The van der Waals surface area contributed by atoms with Gasteiger partial charge in [0.25, 0.3) is 0 Å². The smallest absolute Gasteiger partial charge is 0.147 e. The first kappa shape index (κ1) is 9.93. The van der Waals surface area contributed by atoms with Gasteiger partial charge in [0.2, 0.25) is 0 Å². The van der Waals surface area contributed by atoms with Crippen molar-refractivity contribution in [1.82, 2.24) is 0 Å². The van der Waals surface area contributed by atoms with E-state index in [2.05, 4.69) is 15.9 Å². The van der Waals surface area contributed by atoms with Gasteiger partial charge in [-0.2, -0.15) is 0 Å². The van der Waals surface area contributed by atoms with E-state index in [4.69, 9.17) is 4.74 Å². The molecule has 1 aromatic carbocycles. The molecule has 0 aliphatic carbocycles. The van der Waals surface area contributed by atoms with Crippen LogP contribution in [0.3, 0.4) is 0 Å². The predicted octanol–water partition coefficient (Wildman–Crippen LogP) is 2.42. The average molecular weight is 260 g/mol. The Morgan fingerprint density at radius 3 is 2.64 bits per heavy atom. The van der Waals surface area contributed by atoms with E-state index in [1.165, 1.54) is 6.07 Å². The number of rotatable bonds is 1. The molecule has 1 aromatic rings. The molecule has 0 saturated carbocycles. The third kappa shape index (κ3) is 1.91. The fourth-order valence-electron chi connectivity index (χ4n) is 1.58. The van der Waals surface area contributed by atoms with Crippen LogP contribution in [0, 0.1) is 5.82 Å². The fourth-order valence-corrected chi connectivity index (χ4v) is 2.17. The Labute approximate surface area is 90.8 Å². The Balaban J connectivity index is 2.29. The molecule has 76 valence electrons. The second-order valence-electron chi connectivity index (χ2n) is 3.17. The van der Waals surface area contributed by atoms with Crippen LogP contribution < -0.4 is 4.90 Å². The van der Waals surface area contributed by atoms with E-state index < -0.39 is 0 Å². The maximum atomic E-state index is 13.5. The number of morpholine rings is 1. The van der Waals surface area contributed by atoms with Crippen LogP contribution in [0.4, 0.5) is 10.1 Å². The Hall–Kier alpha value is -0.610. The molecule has 1 aliphatic rings. The molecule has 2 rings (SSSR count). The third-order valence-corrected chi connectivity index (χ3v) is 2.90. The highest BCUT2D eigenvalue weighted by atomic mass is 79.9. The van der Waals surface area contributed by atoms with E-state index in [0.29, 0.717) is 18.9 Å². The molecule has 0 aromatic heterocycles. The molecule has 14 heavy (non-hydrogen) atoms. The predicted molar refractivity (Wildman–Crippen MR) is 57.1 cm³/mol. The number of hydrogen-bond donors (Lipinski definition) is 0. The third-order valence-electron chi connectivity index (χ3n) is 2.26. The van der Waals surface area contributed by atoms with Crippen LogP contribution in [-0.4, -0.2) is 26.3 Å². The summed E-state index contributed by atoms with van der Waals surface area (Å²) in [5.41, 5.74) is 0.649. The van der Waals surface area contributed by atoms with Gasteiger partial charge in [-0.25, -0.2) is 4.39 Å². The van der Waals surface area contributed by atoms with Crippen molar-refractivity contribution in [3.05, 3.63) is 28.5 Å². The Morgan fingerprint density at radius 1 is 1.29 bits per heavy atom. The van der Waals surface area contributed by atoms with Crippen molar-refractivity contribution >= 4 is 21.6 Å². The summed E-state index contributed by atoms with van der Waals surface area (Å²) in [5.74, 6) is -0.179. The zero-order valence-corrected chi connectivity index (χ0v) is 9.26. The average Bonchev–Trinajstić information content (AvgIpc) is 2.19. The molecule has 0 radical (unpaired) electrons. The topological polar surface area (TPSA) is 12.5 Å². The largest absolute Gasteiger partial charge is 0.378 e. The fraction of sp³-hybridized carbons (Fsp3) is 0.400. The van der Waals surface area contributed by atoms with Crippen LogP contribution in [-0.2, 0) is 4.74 Å². The van der Waals surface area contributed by atoms with Crippen molar-refractivity contribution in [3.63, 3.8) is 0 Å². The second-order valence-corrected chi connectivity index (χ2v) is 4.02. The minimum atomic E-state index is -0.179. The zero-order chi connectivity index (χ0) is 9.97. The molecule has 1 heterocycles. The number of halogens is 2. The van der Waals surface area contributed by atoms with Crippen molar-refractivity contribution < 1.29 is 9.13 Å². The van der Waals surface area contributed by atoms with E-state index in [-0.39, 0.29) is 5.82 Å². The lowest BCUT2D eigenvalue weighted by molar-refractivity contribution is 0.122. The molecule has 4 heteroatoms. The molecule has 1 fully saturated rings.